The highest BCUT2D eigenvalue weighted by Gasteiger charge is 2.51. The molecule has 0 atom stereocenters. The highest BCUT2D eigenvalue weighted by Crippen LogP contribution is 2.47. The number of carboxylic acids is 1. The first-order valence-corrected chi connectivity index (χ1v) is 6.27. The van der Waals surface area contributed by atoms with Crippen LogP contribution in [0.1, 0.15) is 18.4 Å². The van der Waals surface area contributed by atoms with Crippen molar-refractivity contribution in [2.75, 3.05) is 0 Å². The number of aryl methyl sites for hydroxylation is 1. The number of halogens is 1. The number of hydrogen-bond acceptors (Lipinski definition) is 4. The largest absolute Gasteiger partial charge is 0.481 e. The molecular weight excluding hydrogens is 263 g/mol. The summed E-state index contributed by atoms with van der Waals surface area (Å²) in [5.74, 6) is -0.816. The first-order valence-electron chi connectivity index (χ1n) is 6.27. The molecule has 0 radical (unpaired) electrons. The van der Waals surface area contributed by atoms with E-state index in [1.54, 1.807) is 13.0 Å². The van der Waals surface area contributed by atoms with Crippen molar-refractivity contribution in [3.63, 3.8) is 0 Å². The van der Waals surface area contributed by atoms with Crippen LogP contribution in [-0.2, 0) is 11.3 Å². The number of carboxylic acid groups (broad SMARTS) is 1. The highest BCUT2D eigenvalue weighted by atomic mass is 19.1. The SMILES string of the molecule is Cc1cc(F)cc(-c2nnnn2CC2(C(=O)O)CC2)c1. The topological polar surface area (TPSA) is 80.9 Å². The number of carbonyl (C=O) groups is 1. The van der Waals surface area contributed by atoms with E-state index in [0.29, 0.717) is 24.2 Å². The van der Waals surface area contributed by atoms with Crippen LogP contribution in [0.2, 0.25) is 0 Å². The Balaban J connectivity index is 1.96. The standard InChI is InChI=1S/C13H13FN4O2/c1-8-4-9(6-10(14)5-8)11-15-16-17-18(11)7-13(2-3-13)12(19)20/h4-6H,2-3,7H2,1H3,(H,19,20). The molecule has 0 saturated heterocycles. The number of benzene rings is 1. The summed E-state index contributed by atoms with van der Waals surface area (Å²) in [7, 11) is 0. The summed E-state index contributed by atoms with van der Waals surface area (Å²) >= 11 is 0. The minimum absolute atomic E-state index is 0.209. The fraction of sp³-hybridized carbons (Fsp3) is 0.385. The number of aliphatic carboxylic acids is 1. The van der Waals surface area contributed by atoms with Gasteiger partial charge in [0.2, 0.25) is 0 Å². The van der Waals surface area contributed by atoms with Crippen molar-refractivity contribution in [3.8, 4) is 11.4 Å². The molecule has 0 bridgehead atoms. The van der Waals surface area contributed by atoms with Gasteiger partial charge in [-0.1, -0.05) is 0 Å². The molecule has 20 heavy (non-hydrogen) atoms. The van der Waals surface area contributed by atoms with Gasteiger partial charge in [0.15, 0.2) is 5.82 Å². The molecule has 1 fully saturated rings. The molecule has 1 aromatic heterocycles. The molecule has 0 amide bonds. The lowest BCUT2D eigenvalue weighted by Gasteiger charge is -2.11. The van der Waals surface area contributed by atoms with Gasteiger partial charge >= 0.3 is 5.97 Å². The second-order valence-corrected chi connectivity index (χ2v) is 5.26. The zero-order valence-corrected chi connectivity index (χ0v) is 10.9. The lowest BCUT2D eigenvalue weighted by atomic mass is 10.1. The van der Waals surface area contributed by atoms with Gasteiger partial charge in [-0.3, -0.25) is 4.79 Å². The Morgan fingerprint density at radius 2 is 2.20 bits per heavy atom. The lowest BCUT2D eigenvalue weighted by Crippen LogP contribution is -2.22. The second kappa shape index (κ2) is 4.36. The summed E-state index contributed by atoms with van der Waals surface area (Å²) in [6.45, 7) is 1.99. The highest BCUT2D eigenvalue weighted by molar-refractivity contribution is 5.77. The van der Waals surface area contributed by atoms with Crippen LogP contribution in [0.25, 0.3) is 11.4 Å². The van der Waals surface area contributed by atoms with Crippen LogP contribution in [0.15, 0.2) is 18.2 Å². The summed E-state index contributed by atoms with van der Waals surface area (Å²) in [5, 5.41) is 20.5. The Morgan fingerprint density at radius 3 is 2.80 bits per heavy atom. The van der Waals surface area contributed by atoms with Crippen molar-refractivity contribution in [2.45, 2.75) is 26.3 Å². The van der Waals surface area contributed by atoms with Crippen LogP contribution in [-0.4, -0.2) is 31.3 Å². The fourth-order valence-electron chi connectivity index (χ4n) is 2.26. The first kappa shape index (κ1) is 12.7. The second-order valence-electron chi connectivity index (χ2n) is 5.26. The Bertz CT molecular complexity index is 659. The molecule has 1 heterocycles. The molecule has 0 unspecified atom stereocenters. The van der Waals surface area contributed by atoms with Crippen molar-refractivity contribution in [1.82, 2.24) is 20.2 Å². The Hall–Kier alpha value is -2.31. The molecule has 2 aromatic rings. The predicted octanol–water partition coefficient (Wildman–Crippen LogP) is 1.65. The Kier molecular flexibility index (Phi) is 2.77. The quantitative estimate of drug-likeness (QED) is 0.918. The molecule has 1 aliphatic carbocycles. The number of aromatic nitrogens is 4. The summed E-state index contributed by atoms with van der Waals surface area (Å²) in [6, 6.07) is 4.53. The van der Waals surface area contributed by atoms with E-state index in [2.05, 4.69) is 15.5 Å². The molecule has 1 N–H and O–H groups in total. The maximum absolute atomic E-state index is 13.5. The predicted molar refractivity (Wildman–Crippen MR) is 67.3 cm³/mol. The van der Waals surface area contributed by atoms with E-state index in [0.717, 1.165) is 5.56 Å². The molecule has 104 valence electrons. The van der Waals surface area contributed by atoms with Gasteiger partial charge in [0.05, 0.1) is 12.0 Å². The third-order valence-corrected chi connectivity index (χ3v) is 3.59. The normalized spacial score (nSPS) is 16.1. The third-order valence-electron chi connectivity index (χ3n) is 3.59. The first-order chi connectivity index (χ1) is 9.50. The van der Waals surface area contributed by atoms with Crippen molar-refractivity contribution < 1.29 is 14.3 Å². The molecule has 7 heteroatoms. The smallest absolute Gasteiger partial charge is 0.311 e. The molecule has 3 rings (SSSR count). The number of tetrazole rings is 1. The molecule has 1 aromatic carbocycles. The van der Waals surface area contributed by atoms with Crippen LogP contribution < -0.4 is 0 Å². The van der Waals surface area contributed by atoms with Gasteiger partial charge in [0.25, 0.3) is 0 Å². The Labute approximate surface area is 114 Å². The summed E-state index contributed by atoms with van der Waals surface area (Å²) in [5.41, 5.74) is 0.537. The van der Waals surface area contributed by atoms with E-state index in [1.807, 2.05) is 0 Å². The van der Waals surface area contributed by atoms with Crippen molar-refractivity contribution in [2.24, 2.45) is 5.41 Å². The lowest BCUT2D eigenvalue weighted by molar-refractivity contribution is -0.144. The van der Waals surface area contributed by atoms with Crippen molar-refractivity contribution in [1.29, 1.82) is 0 Å². The van der Waals surface area contributed by atoms with Gasteiger partial charge in [-0.25, -0.2) is 9.07 Å². The number of hydrogen-bond donors (Lipinski definition) is 1. The van der Waals surface area contributed by atoms with Crippen LogP contribution in [0.4, 0.5) is 4.39 Å². The summed E-state index contributed by atoms with van der Waals surface area (Å²) in [4.78, 5) is 11.2. The maximum Gasteiger partial charge on any atom is 0.311 e. The van der Waals surface area contributed by atoms with E-state index in [9.17, 15) is 14.3 Å². The molecule has 6 nitrogen and oxygen atoms in total. The molecule has 1 saturated carbocycles. The van der Waals surface area contributed by atoms with Gasteiger partial charge in [0.1, 0.15) is 5.82 Å². The van der Waals surface area contributed by atoms with Crippen LogP contribution in [0, 0.1) is 18.2 Å². The van der Waals surface area contributed by atoms with Crippen LogP contribution in [0.3, 0.4) is 0 Å². The Morgan fingerprint density at radius 1 is 1.45 bits per heavy atom. The number of nitrogens with zero attached hydrogens (tertiary/aromatic N) is 4. The zero-order valence-electron chi connectivity index (χ0n) is 10.9. The van der Waals surface area contributed by atoms with Gasteiger partial charge in [-0.2, -0.15) is 0 Å². The minimum Gasteiger partial charge on any atom is -0.481 e. The fourth-order valence-corrected chi connectivity index (χ4v) is 2.26. The van der Waals surface area contributed by atoms with Gasteiger partial charge < -0.3 is 5.11 Å². The minimum atomic E-state index is -0.839. The monoisotopic (exact) mass is 276 g/mol. The third kappa shape index (κ3) is 2.15. The summed E-state index contributed by atoms with van der Waals surface area (Å²) < 4.78 is 14.9. The van der Waals surface area contributed by atoms with E-state index in [1.165, 1.54) is 16.8 Å². The van der Waals surface area contributed by atoms with Gasteiger partial charge in [-0.15, -0.1) is 5.10 Å². The van der Waals surface area contributed by atoms with E-state index in [-0.39, 0.29) is 12.4 Å². The molecular formula is C13H13FN4O2. The van der Waals surface area contributed by atoms with Crippen molar-refractivity contribution >= 4 is 5.97 Å². The number of rotatable bonds is 4. The molecule has 0 spiro atoms. The molecule has 0 aliphatic heterocycles. The van der Waals surface area contributed by atoms with Crippen molar-refractivity contribution in [3.05, 3.63) is 29.6 Å². The van der Waals surface area contributed by atoms with Crippen LogP contribution >= 0.6 is 0 Å². The average molecular weight is 276 g/mol. The average Bonchev–Trinajstić information content (AvgIpc) is 2.99. The van der Waals surface area contributed by atoms with E-state index in [4.69, 9.17) is 0 Å². The maximum atomic E-state index is 13.5. The van der Waals surface area contributed by atoms with E-state index < -0.39 is 11.4 Å². The van der Waals surface area contributed by atoms with Gasteiger partial charge in [-0.05, 0) is 54.0 Å². The van der Waals surface area contributed by atoms with Crippen LogP contribution in [0.5, 0.6) is 0 Å². The molecule has 1 aliphatic rings. The van der Waals surface area contributed by atoms with Gasteiger partial charge in [0, 0.05) is 5.56 Å². The zero-order chi connectivity index (χ0) is 14.3. The summed E-state index contributed by atoms with van der Waals surface area (Å²) in [6.07, 6.45) is 1.23. The van der Waals surface area contributed by atoms with E-state index >= 15 is 0 Å².